The molecular weight excluding hydrogens is 408 g/mol. The Morgan fingerprint density at radius 3 is 2.20 bits per heavy atom. The minimum atomic E-state index is -3.64. The average molecular weight is 420 g/mol. The van der Waals surface area contributed by atoms with E-state index in [1.165, 1.54) is 12.1 Å². The summed E-state index contributed by atoms with van der Waals surface area (Å²) in [5, 5.41) is 8.26. The lowest BCUT2D eigenvalue weighted by molar-refractivity contribution is 0.598. The van der Waals surface area contributed by atoms with Crippen LogP contribution in [0.5, 0.6) is 0 Å². The van der Waals surface area contributed by atoms with Gasteiger partial charge in [0.25, 0.3) is 0 Å². The van der Waals surface area contributed by atoms with Gasteiger partial charge in [0.05, 0.1) is 4.90 Å². The average Bonchev–Trinajstić information content (AvgIpc) is 2.40. The molecule has 0 radical (unpaired) electrons. The van der Waals surface area contributed by atoms with Crippen molar-refractivity contribution in [3.63, 3.8) is 0 Å². The van der Waals surface area contributed by atoms with Crippen molar-refractivity contribution >= 4 is 47.6 Å². The zero-order valence-corrected chi connectivity index (χ0v) is 14.3. The Balaban J connectivity index is 2.06. The molecule has 0 heterocycles. The molecule has 4 nitrogen and oxygen atoms in total. The summed E-state index contributed by atoms with van der Waals surface area (Å²) < 4.78 is 24.3. The van der Waals surface area contributed by atoms with E-state index in [2.05, 4.69) is 37.2 Å². The van der Waals surface area contributed by atoms with Crippen molar-refractivity contribution in [2.75, 3.05) is 5.32 Å². The summed E-state index contributed by atoms with van der Waals surface area (Å²) in [6.45, 7) is 0.639. The lowest BCUT2D eigenvalue weighted by Crippen LogP contribution is -2.12. The largest absolute Gasteiger partial charge is 0.381 e. The maximum Gasteiger partial charge on any atom is 0.238 e. The number of sulfonamides is 1. The molecule has 0 aliphatic carbocycles. The van der Waals surface area contributed by atoms with Crippen LogP contribution < -0.4 is 10.5 Å². The van der Waals surface area contributed by atoms with Gasteiger partial charge in [-0.2, -0.15) is 0 Å². The molecule has 2 aromatic rings. The number of rotatable bonds is 4. The van der Waals surface area contributed by atoms with Crippen LogP contribution in [0.2, 0.25) is 0 Å². The van der Waals surface area contributed by atoms with Gasteiger partial charge in [0.2, 0.25) is 10.0 Å². The third-order valence-corrected chi connectivity index (χ3v) is 5.47. The van der Waals surface area contributed by atoms with Crippen LogP contribution >= 0.6 is 31.9 Å². The zero-order valence-electron chi connectivity index (χ0n) is 10.3. The van der Waals surface area contributed by atoms with Gasteiger partial charge in [0.15, 0.2) is 0 Å². The van der Waals surface area contributed by atoms with Crippen LogP contribution in [0, 0.1) is 0 Å². The highest BCUT2D eigenvalue weighted by atomic mass is 79.9. The number of hydrogen-bond acceptors (Lipinski definition) is 3. The Morgan fingerprint density at radius 1 is 1.00 bits per heavy atom. The second-order valence-electron chi connectivity index (χ2n) is 4.17. The molecule has 0 amide bonds. The number of halogens is 2. The summed E-state index contributed by atoms with van der Waals surface area (Å²) >= 11 is 6.86. The minimum Gasteiger partial charge on any atom is -0.381 e. The molecule has 0 aliphatic rings. The third kappa shape index (κ3) is 4.05. The highest BCUT2D eigenvalue weighted by molar-refractivity contribution is 9.13. The minimum absolute atomic E-state index is 0.106. The van der Waals surface area contributed by atoms with Gasteiger partial charge in [-0.25, -0.2) is 13.6 Å². The molecule has 7 heteroatoms. The van der Waals surface area contributed by atoms with E-state index in [0.29, 0.717) is 6.54 Å². The second kappa shape index (κ2) is 6.26. The summed E-state index contributed by atoms with van der Waals surface area (Å²) in [7, 11) is -3.64. The molecule has 0 spiro atoms. The van der Waals surface area contributed by atoms with Gasteiger partial charge < -0.3 is 5.32 Å². The zero-order chi connectivity index (χ0) is 14.8. The first-order valence-electron chi connectivity index (χ1n) is 5.67. The van der Waals surface area contributed by atoms with Gasteiger partial charge >= 0.3 is 0 Å². The molecule has 0 aromatic heterocycles. The van der Waals surface area contributed by atoms with Crippen molar-refractivity contribution in [1.29, 1.82) is 0 Å². The van der Waals surface area contributed by atoms with Crippen LogP contribution in [-0.4, -0.2) is 8.42 Å². The highest BCUT2D eigenvalue weighted by Gasteiger charge is 2.06. The van der Waals surface area contributed by atoms with E-state index in [-0.39, 0.29) is 4.90 Å². The van der Waals surface area contributed by atoms with E-state index in [4.69, 9.17) is 5.14 Å². The Kier molecular flexibility index (Phi) is 4.85. The van der Waals surface area contributed by atoms with E-state index in [0.717, 1.165) is 20.2 Å². The molecule has 0 bridgehead atoms. The fraction of sp³-hybridized carbons (Fsp3) is 0.0769. The second-order valence-corrected chi connectivity index (χ2v) is 7.44. The fourth-order valence-corrected chi connectivity index (χ4v) is 2.80. The van der Waals surface area contributed by atoms with Gasteiger partial charge in [-0.05, 0) is 73.8 Å². The Bertz CT molecular complexity index is 716. The molecule has 0 fully saturated rings. The van der Waals surface area contributed by atoms with E-state index < -0.39 is 10.0 Å². The molecule has 20 heavy (non-hydrogen) atoms. The van der Waals surface area contributed by atoms with Gasteiger partial charge in [0.1, 0.15) is 0 Å². The number of primary sulfonamides is 1. The first-order valence-corrected chi connectivity index (χ1v) is 8.80. The van der Waals surface area contributed by atoms with Gasteiger partial charge in [0, 0.05) is 21.2 Å². The number of nitrogens with one attached hydrogen (secondary N) is 1. The van der Waals surface area contributed by atoms with Crippen molar-refractivity contribution in [3.05, 3.63) is 57.0 Å². The van der Waals surface area contributed by atoms with E-state index in [9.17, 15) is 8.42 Å². The van der Waals surface area contributed by atoms with Crippen LogP contribution in [0.15, 0.2) is 56.3 Å². The van der Waals surface area contributed by atoms with Crippen LogP contribution in [0.4, 0.5) is 5.69 Å². The Labute approximate surface area is 134 Å². The third-order valence-electron chi connectivity index (χ3n) is 2.66. The van der Waals surface area contributed by atoms with Crippen molar-refractivity contribution in [2.45, 2.75) is 11.4 Å². The predicted molar refractivity (Wildman–Crippen MR) is 87.0 cm³/mol. The Hall–Kier alpha value is -0.890. The molecule has 0 unspecified atom stereocenters. The summed E-state index contributed by atoms with van der Waals surface area (Å²) in [5.74, 6) is 0. The number of nitrogens with two attached hydrogens (primary N) is 1. The van der Waals surface area contributed by atoms with E-state index in [1.54, 1.807) is 12.1 Å². The molecule has 2 aromatic carbocycles. The molecular formula is C13H12Br2N2O2S. The van der Waals surface area contributed by atoms with E-state index >= 15 is 0 Å². The van der Waals surface area contributed by atoms with Crippen molar-refractivity contribution in [1.82, 2.24) is 0 Å². The molecule has 2 rings (SSSR count). The Morgan fingerprint density at radius 2 is 1.65 bits per heavy atom. The lowest BCUT2D eigenvalue weighted by Gasteiger charge is -2.08. The molecule has 0 atom stereocenters. The van der Waals surface area contributed by atoms with Crippen molar-refractivity contribution in [3.8, 4) is 0 Å². The maximum absolute atomic E-state index is 11.1. The number of benzene rings is 2. The van der Waals surface area contributed by atoms with Crippen LogP contribution in [0.1, 0.15) is 5.56 Å². The van der Waals surface area contributed by atoms with Gasteiger partial charge in [-0.3, -0.25) is 0 Å². The summed E-state index contributed by atoms with van der Waals surface area (Å²) in [6, 6.07) is 12.3. The fourth-order valence-electron chi connectivity index (χ4n) is 1.62. The molecule has 106 valence electrons. The monoisotopic (exact) mass is 418 g/mol. The van der Waals surface area contributed by atoms with Crippen LogP contribution in [0.3, 0.4) is 0 Å². The van der Waals surface area contributed by atoms with Crippen molar-refractivity contribution in [2.24, 2.45) is 5.14 Å². The molecule has 0 saturated carbocycles. The first-order chi connectivity index (χ1) is 9.36. The summed E-state index contributed by atoms with van der Waals surface area (Å²) in [5.41, 5.74) is 1.94. The topological polar surface area (TPSA) is 72.2 Å². The highest BCUT2D eigenvalue weighted by Crippen LogP contribution is 2.24. The lowest BCUT2D eigenvalue weighted by atomic mass is 10.2. The first kappa shape index (κ1) is 15.5. The van der Waals surface area contributed by atoms with Gasteiger partial charge in [-0.1, -0.05) is 6.07 Å². The standard InChI is InChI=1S/C13H12Br2N2O2S/c14-12-6-1-9(7-13(12)15)8-17-10-2-4-11(5-3-10)20(16,18)19/h1-7,17H,8H2,(H2,16,18,19). The summed E-state index contributed by atoms with van der Waals surface area (Å²) in [4.78, 5) is 0.106. The SMILES string of the molecule is NS(=O)(=O)c1ccc(NCc2ccc(Br)c(Br)c2)cc1. The van der Waals surface area contributed by atoms with Gasteiger partial charge in [-0.15, -0.1) is 0 Å². The van der Waals surface area contributed by atoms with Crippen molar-refractivity contribution < 1.29 is 8.42 Å². The maximum atomic E-state index is 11.1. The van der Waals surface area contributed by atoms with E-state index in [1.807, 2.05) is 18.2 Å². The molecule has 0 aliphatic heterocycles. The predicted octanol–water partition coefficient (Wildman–Crippen LogP) is 3.47. The number of anilines is 1. The smallest absolute Gasteiger partial charge is 0.238 e. The van der Waals surface area contributed by atoms with Crippen LogP contribution in [0.25, 0.3) is 0 Å². The normalized spacial score (nSPS) is 11.3. The summed E-state index contributed by atoms with van der Waals surface area (Å²) in [6.07, 6.45) is 0. The van der Waals surface area contributed by atoms with Crippen LogP contribution in [-0.2, 0) is 16.6 Å². The molecule has 0 saturated heterocycles. The molecule has 3 N–H and O–H groups in total. The quantitative estimate of drug-likeness (QED) is 0.796. The number of hydrogen-bond donors (Lipinski definition) is 2.